The first-order valence-corrected chi connectivity index (χ1v) is 15.0. The van der Waals surface area contributed by atoms with Gasteiger partial charge in [-0.3, -0.25) is 9.59 Å². The van der Waals surface area contributed by atoms with Gasteiger partial charge in [-0.15, -0.1) is 6.42 Å². The molecular weight excluding hydrogens is 554 g/mol. The molecule has 0 atom stereocenters. The Morgan fingerprint density at radius 1 is 0.949 bits per heavy atom. The molecule has 1 fully saturated rings. The number of Topliss-reactive ketones (excluding diaryl/α,β-unsaturated/α-hetero) is 2. The zero-order valence-corrected chi connectivity index (χ0v) is 25.5. The second kappa shape index (κ2) is 10.5. The second-order valence-electron chi connectivity index (χ2n) is 13.2. The molecule has 1 aromatic carbocycles. The molecule has 1 heterocycles. The lowest BCUT2D eigenvalue weighted by atomic mass is 9.63. The van der Waals surface area contributed by atoms with Gasteiger partial charge in [-0.2, -0.15) is 0 Å². The Hall–Kier alpha value is -2.52. The van der Waals surface area contributed by atoms with Gasteiger partial charge >= 0.3 is 0 Å². The highest BCUT2D eigenvalue weighted by atomic mass is 79.9. The van der Waals surface area contributed by atoms with Gasteiger partial charge in [-0.05, 0) is 70.1 Å². The molecule has 1 aliphatic heterocycles. The zero-order chi connectivity index (χ0) is 28.1. The minimum Gasteiger partial charge on any atom is -0.493 e. The van der Waals surface area contributed by atoms with Crippen molar-refractivity contribution < 1.29 is 19.1 Å². The van der Waals surface area contributed by atoms with Crippen LogP contribution in [0, 0.1) is 23.2 Å². The number of nitrogens with zero attached hydrogens (tertiary/aromatic N) is 1. The summed E-state index contributed by atoms with van der Waals surface area (Å²) >= 11 is 3.67. The molecule has 208 valence electrons. The monoisotopic (exact) mass is 593 g/mol. The quantitative estimate of drug-likeness (QED) is 0.331. The summed E-state index contributed by atoms with van der Waals surface area (Å²) in [4.78, 5) is 30.7. The van der Waals surface area contributed by atoms with Crippen molar-refractivity contribution >= 4 is 27.5 Å². The molecular formula is C33H40BrNO4. The third kappa shape index (κ3) is 5.20. The molecule has 0 radical (unpaired) electrons. The average Bonchev–Trinajstić information content (AvgIpc) is 2.85. The summed E-state index contributed by atoms with van der Waals surface area (Å²) in [6.07, 6.45) is 13.9. The van der Waals surface area contributed by atoms with Crippen LogP contribution in [0.1, 0.15) is 97.0 Å². The maximum absolute atomic E-state index is 14.1. The molecule has 5 nitrogen and oxygen atoms in total. The number of ketones is 2. The van der Waals surface area contributed by atoms with Crippen molar-refractivity contribution in [1.29, 1.82) is 0 Å². The van der Waals surface area contributed by atoms with Crippen LogP contribution in [0.4, 0.5) is 0 Å². The molecule has 0 N–H and O–H groups in total. The molecule has 0 aromatic heterocycles. The topological polar surface area (TPSA) is 55.8 Å². The predicted octanol–water partition coefficient (Wildman–Crippen LogP) is 7.49. The van der Waals surface area contributed by atoms with Gasteiger partial charge < -0.3 is 14.4 Å². The van der Waals surface area contributed by atoms with Crippen LogP contribution in [0.2, 0.25) is 0 Å². The van der Waals surface area contributed by atoms with E-state index in [4.69, 9.17) is 15.9 Å². The maximum Gasteiger partial charge on any atom is 0.176 e. The highest BCUT2D eigenvalue weighted by Gasteiger charge is 2.50. The SMILES string of the molecule is C#CCOc1c(Br)cc(C2C3=C(CC(C)(C)CC3=O)N(C3CCCCC3)C3=C2C(=O)CC(C)(C)C3)cc1OC. The van der Waals surface area contributed by atoms with Crippen LogP contribution in [-0.4, -0.2) is 36.2 Å². The van der Waals surface area contributed by atoms with E-state index in [1.54, 1.807) is 7.11 Å². The van der Waals surface area contributed by atoms with Crippen molar-refractivity contribution in [2.24, 2.45) is 10.8 Å². The van der Waals surface area contributed by atoms with E-state index >= 15 is 0 Å². The van der Waals surface area contributed by atoms with Crippen LogP contribution < -0.4 is 9.47 Å². The summed E-state index contributed by atoms with van der Waals surface area (Å²) in [6, 6.07) is 4.23. The highest BCUT2D eigenvalue weighted by molar-refractivity contribution is 9.10. The largest absolute Gasteiger partial charge is 0.493 e. The van der Waals surface area contributed by atoms with Gasteiger partial charge in [0, 0.05) is 47.3 Å². The minimum absolute atomic E-state index is 0.111. The van der Waals surface area contributed by atoms with Gasteiger partial charge in [0.1, 0.15) is 6.61 Å². The molecule has 5 rings (SSSR count). The van der Waals surface area contributed by atoms with Crippen molar-refractivity contribution in [1.82, 2.24) is 4.90 Å². The first-order valence-electron chi connectivity index (χ1n) is 14.2. The molecule has 39 heavy (non-hydrogen) atoms. The van der Waals surface area contributed by atoms with Crippen molar-refractivity contribution in [2.45, 2.75) is 97.4 Å². The number of ether oxygens (including phenoxy) is 2. The number of rotatable bonds is 5. The Bertz CT molecular complexity index is 1250. The van der Waals surface area contributed by atoms with E-state index in [2.05, 4.69) is 54.4 Å². The molecule has 0 saturated heterocycles. The molecule has 0 bridgehead atoms. The number of carbonyl (C=O) groups is 2. The summed E-state index contributed by atoms with van der Waals surface area (Å²) in [5.74, 6) is 3.43. The average molecular weight is 595 g/mol. The lowest BCUT2D eigenvalue weighted by Crippen LogP contribution is -2.48. The summed E-state index contributed by atoms with van der Waals surface area (Å²) in [5, 5.41) is 0. The fraction of sp³-hybridized carbons (Fsp3) is 0.576. The Kier molecular flexibility index (Phi) is 7.52. The molecule has 1 aromatic rings. The van der Waals surface area contributed by atoms with Gasteiger partial charge in [-0.1, -0.05) is 52.9 Å². The number of hydrogen-bond donors (Lipinski definition) is 0. The number of methoxy groups -OCH3 is 1. The fourth-order valence-corrected chi connectivity index (χ4v) is 7.84. The lowest BCUT2D eigenvalue weighted by Gasteiger charge is -2.52. The van der Waals surface area contributed by atoms with Crippen LogP contribution in [0.3, 0.4) is 0 Å². The molecule has 4 aliphatic rings. The minimum atomic E-state index is -0.422. The molecule has 0 unspecified atom stereocenters. The molecule has 6 heteroatoms. The van der Waals surface area contributed by atoms with Gasteiger partial charge in [0.05, 0.1) is 11.6 Å². The Morgan fingerprint density at radius 2 is 1.51 bits per heavy atom. The Balaban J connectivity index is 1.76. The molecule has 0 amide bonds. The van der Waals surface area contributed by atoms with Crippen molar-refractivity contribution in [3.8, 4) is 23.8 Å². The van der Waals surface area contributed by atoms with Crippen LogP contribution >= 0.6 is 15.9 Å². The van der Waals surface area contributed by atoms with E-state index < -0.39 is 5.92 Å². The summed E-state index contributed by atoms with van der Waals surface area (Å²) in [5.41, 5.74) is 4.49. The lowest BCUT2D eigenvalue weighted by molar-refractivity contribution is -0.119. The third-order valence-corrected chi connectivity index (χ3v) is 9.37. The standard InChI is InChI=1S/C33H40BrNO4/c1-7-13-39-31-22(34)14-20(15-27(31)38-6)28-29-23(16-32(2,3)18-25(29)36)35(21-11-9-8-10-12-21)24-17-33(4,5)19-26(37)30(24)28/h1,14-15,21,28H,8-13,16-19H2,2-6H3. The normalized spacial score (nSPS) is 23.4. The zero-order valence-electron chi connectivity index (χ0n) is 23.9. The third-order valence-electron chi connectivity index (χ3n) is 8.78. The summed E-state index contributed by atoms with van der Waals surface area (Å²) in [6.45, 7) is 8.89. The van der Waals surface area contributed by atoms with Crippen molar-refractivity contribution in [3.05, 3.63) is 44.7 Å². The number of hydrogen-bond acceptors (Lipinski definition) is 5. The van der Waals surface area contributed by atoms with E-state index in [-0.39, 0.29) is 29.0 Å². The second-order valence-corrected chi connectivity index (χ2v) is 14.1. The molecule has 0 spiro atoms. The molecule has 1 saturated carbocycles. The van der Waals surface area contributed by atoms with Gasteiger partial charge in [0.15, 0.2) is 23.1 Å². The Morgan fingerprint density at radius 3 is 2.03 bits per heavy atom. The van der Waals surface area contributed by atoms with Crippen LogP contribution in [-0.2, 0) is 9.59 Å². The number of halogens is 1. The van der Waals surface area contributed by atoms with E-state index in [9.17, 15) is 9.59 Å². The van der Waals surface area contributed by atoms with E-state index in [0.717, 1.165) is 53.8 Å². The fourth-order valence-electron chi connectivity index (χ4n) is 7.27. The summed E-state index contributed by atoms with van der Waals surface area (Å²) < 4.78 is 12.2. The van der Waals surface area contributed by atoms with Crippen LogP contribution in [0.25, 0.3) is 0 Å². The first kappa shape index (κ1) is 28.0. The summed E-state index contributed by atoms with van der Waals surface area (Å²) in [7, 11) is 1.60. The maximum atomic E-state index is 14.1. The highest BCUT2D eigenvalue weighted by Crippen LogP contribution is 2.56. The number of allylic oxidation sites excluding steroid dienone is 4. The van der Waals surface area contributed by atoms with Crippen LogP contribution in [0.5, 0.6) is 11.5 Å². The first-order chi connectivity index (χ1) is 18.5. The number of carbonyl (C=O) groups excluding carboxylic acids is 2. The van der Waals surface area contributed by atoms with Crippen LogP contribution in [0.15, 0.2) is 39.1 Å². The Labute approximate surface area is 241 Å². The number of terminal acetylenes is 1. The van der Waals surface area contributed by atoms with Gasteiger partial charge in [0.2, 0.25) is 0 Å². The predicted molar refractivity (Wildman–Crippen MR) is 157 cm³/mol. The van der Waals surface area contributed by atoms with Gasteiger partial charge in [-0.25, -0.2) is 0 Å². The van der Waals surface area contributed by atoms with Crippen molar-refractivity contribution in [3.63, 3.8) is 0 Å². The van der Waals surface area contributed by atoms with E-state index in [0.29, 0.717) is 34.9 Å². The van der Waals surface area contributed by atoms with E-state index in [1.807, 2.05) is 12.1 Å². The van der Waals surface area contributed by atoms with E-state index in [1.165, 1.54) is 19.3 Å². The number of benzene rings is 1. The smallest absolute Gasteiger partial charge is 0.176 e. The van der Waals surface area contributed by atoms with Crippen molar-refractivity contribution in [2.75, 3.05) is 13.7 Å². The van der Waals surface area contributed by atoms with Gasteiger partial charge in [0.25, 0.3) is 0 Å². The molecule has 3 aliphatic carbocycles.